The molecule has 0 radical (unpaired) electrons. The number of alkyl halides is 3. The van der Waals surface area contributed by atoms with Crippen LogP contribution in [0.5, 0.6) is 0 Å². The first-order chi connectivity index (χ1) is 14.7. The van der Waals surface area contributed by atoms with E-state index in [4.69, 9.17) is 17.3 Å². The second-order valence-corrected chi connectivity index (χ2v) is 7.46. The lowest BCUT2D eigenvalue weighted by atomic mass is 10.2. The van der Waals surface area contributed by atoms with Gasteiger partial charge in [-0.05, 0) is 6.07 Å². The molecule has 0 unspecified atom stereocenters. The average Bonchev–Trinajstić information content (AvgIpc) is 3.02. The minimum Gasteiger partial charge on any atom is -0.381 e. The zero-order chi connectivity index (χ0) is 22.2. The summed E-state index contributed by atoms with van der Waals surface area (Å²) in [6.07, 6.45) is 1.66. The summed E-state index contributed by atoms with van der Waals surface area (Å²) >= 11 is 5.90. The van der Waals surface area contributed by atoms with E-state index in [1.54, 1.807) is 12.3 Å². The van der Waals surface area contributed by atoms with Gasteiger partial charge in [-0.25, -0.2) is 9.50 Å². The van der Waals surface area contributed by atoms with Gasteiger partial charge in [0.2, 0.25) is 0 Å². The summed E-state index contributed by atoms with van der Waals surface area (Å²) < 4.78 is 39.2. The molecule has 0 atom stereocenters. The van der Waals surface area contributed by atoms with Crippen molar-refractivity contribution >= 4 is 40.3 Å². The number of amides is 1. The number of halogens is 4. The number of fused-ring (bicyclic) bond motifs is 1. The number of carbonyl (C=O) groups excluding carboxylic acids is 1. The van der Waals surface area contributed by atoms with Gasteiger partial charge in [-0.2, -0.15) is 13.2 Å². The van der Waals surface area contributed by atoms with Crippen molar-refractivity contribution in [2.24, 2.45) is 0 Å². The first-order valence-electron chi connectivity index (χ1n) is 9.30. The molecular formula is C18H18ClF3N8O. The molecule has 1 fully saturated rings. The van der Waals surface area contributed by atoms with Crippen LogP contribution in [0.2, 0.25) is 5.02 Å². The molecule has 4 rings (SSSR count). The third-order valence-corrected chi connectivity index (χ3v) is 5.05. The van der Waals surface area contributed by atoms with Crippen LogP contribution in [0, 0.1) is 0 Å². The Morgan fingerprint density at radius 1 is 1.23 bits per heavy atom. The van der Waals surface area contributed by atoms with Crippen molar-refractivity contribution in [3.8, 4) is 0 Å². The van der Waals surface area contributed by atoms with Gasteiger partial charge in [-0.1, -0.05) is 11.6 Å². The summed E-state index contributed by atoms with van der Waals surface area (Å²) in [6.45, 7) is 0.317. The molecule has 1 saturated heterocycles. The summed E-state index contributed by atoms with van der Waals surface area (Å²) in [5, 5.41) is 7.15. The number of aromatic nitrogens is 4. The SMILES string of the molecule is Nc1nn2cc(Cl)cnc2c1C(=O)Nc1cnccc1N1CCN(CC(F)(F)F)CC1. The molecule has 9 nitrogen and oxygen atoms in total. The molecule has 3 aromatic heterocycles. The van der Waals surface area contributed by atoms with E-state index in [9.17, 15) is 18.0 Å². The van der Waals surface area contributed by atoms with E-state index in [2.05, 4.69) is 20.4 Å². The van der Waals surface area contributed by atoms with Crippen molar-refractivity contribution in [2.75, 3.05) is 48.7 Å². The zero-order valence-electron chi connectivity index (χ0n) is 16.1. The Balaban J connectivity index is 1.52. The molecule has 0 bridgehead atoms. The Bertz CT molecular complexity index is 1110. The number of nitrogens with zero attached hydrogens (tertiary/aromatic N) is 6. The number of piperazine rings is 1. The molecule has 1 aliphatic heterocycles. The van der Waals surface area contributed by atoms with E-state index >= 15 is 0 Å². The van der Waals surface area contributed by atoms with Crippen molar-refractivity contribution < 1.29 is 18.0 Å². The first kappa shape index (κ1) is 21.1. The van der Waals surface area contributed by atoms with Crippen molar-refractivity contribution in [3.63, 3.8) is 0 Å². The standard InChI is InChI=1S/C18H18ClF3N8O/c19-11-7-25-16-14(15(23)27-30(16)9-11)17(31)26-12-8-24-2-1-13(12)29-5-3-28(4-6-29)10-18(20,21)22/h1-2,7-9H,3-6,10H2,(H2,23,27)(H,26,31). The van der Waals surface area contributed by atoms with Crippen LogP contribution in [0.15, 0.2) is 30.9 Å². The van der Waals surface area contributed by atoms with Crippen molar-refractivity contribution in [3.05, 3.63) is 41.4 Å². The van der Waals surface area contributed by atoms with Gasteiger partial charge in [0.15, 0.2) is 11.5 Å². The Morgan fingerprint density at radius 3 is 2.68 bits per heavy atom. The highest BCUT2D eigenvalue weighted by Gasteiger charge is 2.32. The number of nitrogens with one attached hydrogen (secondary N) is 1. The lowest BCUT2D eigenvalue weighted by Crippen LogP contribution is -2.49. The lowest BCUT2D eigenvalue weighted by molar-refractivity contribution is -0.146. The van der Waals surface area contributed by atoms with Crippen molar-refractivity contribution in [1.82, 2.24) is 24.5 Å². The molecule has 13 heteroatoms. The van der Waals surface area contributed by atoms with Crippen LogP contribution in [0.1, 0.15) is 10.4 Å². The predicted octanol–water partition coefficient (Wildman–Crippen LogP) is 2.30. The number of hydrogen-bond acceptors (Lipinski definition) is 7. The van der Waals surface area contributed by atoms with Crippen molar-refractivity contribution in [1.29, 1.82) is 0 Å². The van der Waals surface area contributed by atoms with E-state index in [0.29, 0.717) is 29.5 Å². The summed E-state index contributed by atoms with van der Waals surface area (Å²) in [7, 11) is 0. The third kappa shape index (κ3) is 4.64. The predicted molar refractivity (Wildman–Crippen MR) is 109 cm³/mol. The van der Waals surface area contributed by atoms with E-state index in [1.807, 2.05) is 4.90 Å². The lowest BCUT2D eigenvalue weighted by Gasteiger charge is -2.37. The van der Waals surface area contributed by atoms with Gasteiger partial charge in [0.25, 0.3) is 5.91 Å². The molecule has 31 heavy (non-hydrogen) atoms. The Labute approximate surface area is 179 Å². The average molecular weight is 455 g/mol. The Kier molecular flexibility index (Phi) is 5.58. The molecule has 1 aliphatic rings. The largest absolute Gasteiger partial charge is 0.401 e. The van der Waals surface area contributed by atoms with Crippen LogP contribution in [0.3, 0.4) is 0 Å². The number of nitrogens with two attached hydrogens (primary N) is 1. The van der Waals surface area contributed by atoms with Gasteiger partial charge < -0.3 is 16.0 Å². The monoisotopic (exact) mass is 454 g/mol. The van der Waals surface area contributed by atoms with Gasteiger partial charge >= 0.3 is 6.18 Å². The molecule has 0 saturated carbocycles. The quantitative estimate of drug-likeness (QED) is 0.623. The Hall–Kier alpha value is -3.12. The maximum absolute atomic E-state index is 12.9. The van der Waals surface area contributed by atoms with Crippen LogP contribution in [-0.4, -0.2) is 69.3 Å². The third-order valence-electron chi connectivity index (χ3n) is 4.86. The minimum absolute atomic E-state index is 0.0153. The zero-order valence-corrected chi connectivity index (χ0v) is 16.9. The van der Waals surface area contributed by atoms with E-state index in [0.717, 1.165) is 0 Å². The van der Waals surface area contributed by atoms with Gasteiger partial charge in [0.05, 0.1) is 35.3 Å². The highest BCUT2D eigenvalue weighted by Crippen LogP contribution is 2.28. The fourth-order valence-corrected chi connectivity index (χ4v) is 3.63. The molecule has 1 amide bonds. The number of rotatable bonds is 4. The molecular weight excluding hydrogens is 437 g/mol. The fourth-order valence-electron chi connectivity index (χ4n) is 3.49. The molecule has 0 aromatic carbocycles. The topological polar surface area (TPSA) is 105 Å². The minimum atomic E-state index is -4.23. The fraction of sp³-hybridized carbons (Fsp3) is 0.333. The van der Waals surface area contributed by atoms with Gasteiger partial charge in [-0.3, -0.25) is 14.7 Å². The van der Waals surface area contributed by atoms with Gasteiger partial charge in [0.1, 0.15) is 5.56 Å². The number of hydrogen-bond donors (Lipinski definition) is 2. The number of pyridine rings is 1. The molecule has 4 heterocycles. The van der Waals surface area contributed by atoms with E-state index in [-0.39, 0.29) is 30.1 Å². The maximum atomic E-state index is 12.9. The van der Waals surface area contributed by atoms with Crippen LogP contribution >= 0.6 is 11.6 Å². The van der Waals surface area contributed by atoms with Crippen LogP contribution in [0.25, 0.3) is 5.65 Å². The molecule has 164 valence electrons. The normalized spacial score (nSPS) is 15.4. The second-order valence-electron chi connectivity index (χ2n) is 7.03. The van der Waals surface area contributed by atoms with Gasteiger partial charge in [0, 0.05) is 38.6 Å². The smallest absolute Gasteiger partial charge is 0.381 e. The number of anilines is 3. The number of nitrogen functional groups attached to an aromatic ring is 1. The van der Waals surface area contributed by atoms with Gasteiger partial charge in [-0.15, -0.1) is 5.10 Å². The maximum Gasteiger partial charge on any atom is 0.401 e. The highest BCUT2D eigenvalue weighted by molar-refractivity contribution is 6.30. The van der Waals surface area contributed by atoms with Crippen LogP contribution < -0.4 is 16.0 Å². The van der Waals surface area contributed by atoms with Crippen LogP contribution in [0.4, 0.5) is 30.4 Å². The Morgan fingerprint density at radius 2 is 1.97 bits per heavy atom. The molecule has 3 aromatic rings. The molecule has 0 aliphatic carbocycles. The molecule has 0 spiro atoms. The summed E-state index contributed by atoms with van der Waals surface area (Å²) in [6, 6.07) is 1.70. The molecule has 3 N–H and O–H groups in total. The first-order valence-corrected chi connectivity index (χ1v) is 9.68. The van der Waals surface area contributed by atoms with Crippen LogP contribution in [-0.2, 0) is 0 Å². The van der Waals surface area contributed by atoms with Crippen molar-refractivity contribution in [2.45, 2.75) is 6.18 Å². The number of carbonyl (C=O) groups is 1. The highest BCUT2D eigenvalue weighted by atomic mass is 35.5. The summed E-state index contributed by atoms with van der Waals surface area (Å²) in [5.41, 5.74) is 7.29. The summed E-state index contributed by atoms with van der Waals surface area (Å²) in [4.78, 5) is 24.4. The summed E-state index contributed by atoms with van der Waals surface area (Å²) in [5.74, 6) is -0.550. The second kappa shape index (κ2) is 8.19. The van der Waals surface area contributed by atoms with E-state index in [1.165, 1.54) is 28.0 Å². The van der Waals surface area contributed by atoms with E-state index < -0.39 is 18.6 Å².